The average molecular weight is 326 g/mol. The van der Waals surface area contributed by atoms with Crippen molar-refractivity contribution in [3.05, 3.63) is 47.8 Å². The summed E-state index contributed by atoms with van der Waals surface area (Å²) in [7, 11) is 0. The smallest absolute Gasteiger partial charge is 0.257 e. The molecule has 24 heavy (non-hydrogen) atoms. The highest BCUT2D eigenvalue weighted by atomic mass is 16.5. The van der Waals surface area contributed by atoms with Gasteiger partial charge in [-0.15, -0.1) is 0 Å². The van der Waals surface area contributed by atoms with E-state index in [0.717, 1.165) is 13.0 Å². The number of hydrogen-bond acceptors (Lipinski definition) is 5. The van der Waals surface area contributed by atoms with Crippen molar-refractivity contribution >= 4 is 11.7 Å². The van der Waals surface area contributed by atoms with Gasteiger partial charge in [-0.2, -0.15) is 0 Å². The quantitative estimate of drug-likeness (QED) is 0.913. The van der Waals surface area contributed by atoms with E-state index in [1.165, 1.54) is 11.1 Å². The molecule has 126 valence electrons. The second-order valence-electron chi connectivity index (χ2n) is 6.06. The van der Waals surface area contributed by atoms with Crippen molar-refractivity contribution < 1.29 is 9.53 Å². The molecule has 6 nitrogen and oxygen atoms in total. The van der Waals surface area contributed by atoms with Crippen LogP contribution >= 0.6 is 0 Å². The molecule has 6 heteroatoms. The summed E-state index contributed by atoms with van der Waals surface area (Å²) in [5.41, 5.74) is 2.55. The Hall–Kier alpha value is -2.63. The third kappa shape index (κ3) is 3.82. The van der Waals surface area contributed by atoms with Crippen LogP contribution in [0.2, 0.25) is 0 Å². The van der Waals surface area contributed by atoms with Crippen molar-refractivity contribution in [1.29, 1.82) is 0 Å². The summed E-state index contributed by atoms with van der Waals surface area (Å²) < 4.78 is 5.61. The van der Waals surface area contributed by atoms with Crippen LogP contribution in [0, 0.1) is 0 Å². The van der Waals surface area contributed by atoms with Crippen molar-refractivity contribution in [2.24, 2.45) is 0 Å². The predicted octanol–water partition coefficient (Wildman–Crippen LogP) is 2.26. The molecule has 3 rings (SSSR count). The van der Waals surface area contributed by atoms with Crippen LogP contribution in [0.25, 0.3) is 0 Å². The zero-order chi connectivity index (χ0) is 16.9. The first-order chi connectivity index (χ1) is 11.6. The molecule has 1 N–H and O–H groups in total. The van der Waals surface area contributed by atoms with E-state index in [9.17, 15) is 4.79 Å². The van der Waals surface area contributed by atoms with Crippen LogP contribution in [0.1, 0.15) is 25.0 Å². The van der Waals surface area contributed by atoms with Gasteiger partial charge in [0.1, 0.15) is 0 Å². The molecule has 0 aliphatic carbocycles. The lowest BCUT2D eigenvalue weighted by molar-refractivity contribution is -0.130. The van der Waals surface area contributed by atoms with E-state index < -0.39 is 0 Å². The second kappa shape index (κ2) is 7.29. The zero-order valence-electron chi connectivity index (χ0n) is 14.0. The number of aromatic nitrogens is 2. The van der Waals surface area contributed by atoms with Gasteiger partial charge in [0.05, 0.1) is 12.6 Å². The second-order valence-corrected chi connectivity index (χ2v) is 6.06. The minimum atomic E-state index is -0.00320. The van der Waals surface area contributed by atoms with Gasteiger partial charge >= 0.3 is 0 Å². The number of rotatable bonds is 5. The van der Waals surface area contributed by atoms with Gasteiger partial charge in [0.2, 0.25) is 5.91 Å². The molecular formula is C18H22N4O2. The topological polar surface area (TPSA) is 67.4 Å². The van der Waals surface area contributed by atoms with E-state index >= 15 is 0 Å². The van der Waals surface area contributed by atoms with Crippen LogP contribution < -0.4 is 10.1 Å². The summed E-state index contributed by atoms with van der Waals surface area (Å²) in [5.74, 6) is 0.965. The molecule has 1 amide bonds. The number of nitrogens with zero attached hydrogens (tertiary/aromatic N) is 3. The van der Waals surface area contributed by atoms with E-state index in [-0.39, 0.29) is 18.6 Å². The number of carbonyl (C=O) groups is 1. The first kappa shape index (κ1) is 16.2. The van der Waals surface area contributed by atoms with Crippen LogP contribution in [0.15, 0.2) is 36.7 Å². The normalized spacial score (nSPS) is 13.5. The number of amides is 1. The number of fused-ring (bicyclic) bond motifs is 1. The summed E-state index contributed by atoms with van der Waals surface area (Å²) in [4.78, 5) is 22.7. The van der Waals surface area contributed by atoms with E-state index in [0.29, 0.717) is 18.2 Å². The lowest BCUT2D eigenvalue weighted by atomic mass is 10.00. The summed E-state index contributed by atoms with van der Waals surface area (Å²) in [6.07, 6.45) is 4.05. The highest BCUT2D eigenvalue weighted by Crippen LogP contribution is 2.20. The van der Waals surface area contributed by atoms with Crippen LogP contribution in [0.3, 0.4) is 0 Å². The molecule has 0 fully saturated rings. The van der Waals surface area contributed by atoms with Crippen LogP contribution in [0.4, 0.5) is 5.82 Å². The van der Waals surface area contributed by atoms with Crippen molar-refractivity contribution in [2.75, 3.05) is 18.4 Å². The largest absolute Gasteiger partial charge is 0.472 e. The number of hydrogen-bond donors (Lipinski definition) is 1. The molecule has 1 aromatic heterocycles. The molecule has 0 bridgehead atoms. The van der Waals surface area contributed by atoms with Gasteiger partial charge in [0, 0.05) is 25.5 Å². The molecule has 2 heterocycles. The fourth-order valence-corrected chi connectivity index (χ4v) is 2.74. The Labute approximate surface area is 141 Å². The fraction of sp³-hybridized carbons (Fsp3) is 0.389. The van der Waals surface area contributed by atoms with Gasteiger partial charge in [-0.25, -0.2) is 9.97 Å². The van der Waals surface area contributed by atoms with Crippen molar-refractivity contribution in [3.63, 3.8) is 0 Å². The van der Waals surface area contributed by atoms with E-state index in [4.69, 9.17) is 4.74 Å². The van der Waals surface area contributed by atoms with E-state index in [1.807, 2.05) is 30.9 Å². The van der Waals surface area contributed by atoms with Crippen molar-refractivity contribution in [2.45, 2.75) is 32.9 Å². The van der Waals surface area contributed by atoms with E-state index in [1.54, 1.807) is 12.4 Å². The Morgan fingerprint density at radius 1 is 1.25 bits per heavy atom. The van der Waals surface area contributed by atoms with Gasteiger partial charge in [-0.3, -0.25) is 4.79 Å². The van der Waals surface area contributed by atoms with Crippen LogP contribution in [-0.4, -0.2) is 40.0 Å². The number of anilines is 1. The number of carbonyl (C=O) groups excluding carboxylic acids is 1. The summed E-state index contributed by atoms with van der Waals surface area (Å²) >= 11 is 0. The highest BCUT2D eigenvalue weighted by molar-refractivity contribution is 5.81. The van der Waals surface area contributed by atoms with Crippen LogP contribution in [0.5, 0.6) is 5.88 Å². The first-order valence-electron chi connectivity index (χ1n) is 8.19. The van der Waals surface area contributed by atoms with Gasteiger partial charge in [0.15, 0.2) is 5.82 Å². The molecule has 0 saturated heterocycles. The van der Waals surface area contributed by atoms with Crippen molar-refractivity contribution in [1.82, 2.24) is 14.9 Å². The molecule has 1 aromatic carbocycles. The Kier molecular flexibility index (Phi) is 4.93. The number of ether oxygens (including phenoxy) is 1. The Morgan fingerprint density at radius 3 is 2.79 bits per heavy atom. The molecule has 0 saturated carbocycles. The monoisotopic (exact) mass is 326 g/mol. The predicted molar refractivity (Wildman–Crippen MR) is 91.8 cm³/mol. The molecule has 0 atom stereocenters. The minimum absolute atomic E-state index is 0.00320. The zero-order valence-corrected chi connectivity index (χ0v) is 14.0. The first-order valence-corrected chi connectivity index (χ1v) is 8.19. The molecule has 0 radical (unpaired) electrons. The molecule has 2 aromatic rings. The standard InChI is InChI=1S/C18H22N4O2/c1-13(2)24-18-17(19-8-9-20-18)21-11-16(23)22-10-7-14-5-3-4-6-15(14)12-22/h3-6,8-9,13H,7,10-12H2,1-2H3,(H,19,21). The summed E-state index contributed by atoms with van der Waals surface area (Å²) in [6, 6.07) is 8.27. The third-order valence-electron chi connectivity index (χ3n) is 3.90. The van der Waals surface area contributed by atoms with Crippen molar-refractivity contribution in [3.8, 4) is 5.88 Å². The van der Waals surface area contributed by atoms with Crippen LogP contribution in [-0.2, 0) is 17.8 Å². The Bertz CT molecular complexity index is 718. The lowest BCUT2D eigenvalue weighted by Crippen LogP contribution is -2.39. The van der Waals surface area contributed by atoms with Gasteiger partial charge < -0.3 is 15.0 Å². The lowest BCUT2D eigenvalue weighted by Gasteiger charge is -2.29. The number of benzene rings is 1. The number of nitrogens with one attached hydrogen (secondary N) is 1. The van der Waals surface area contributed by atoms with Gasteiger partial charge in [-0.05, 0) is 31.4 Å². The minimum Gasteiger partial charge on any atom is -0.472 e. The maximum atomic E-state index is 12.5. The average Bonchev–Trinajstić information content (AvgIpc) is 2.60. The van der Waals surface area contributed by atoms with Gasteiger partial charge in [0.25, 0.3) is 5.88 Å². The Balaban J connectivity index is 1.61. The molecule has 0 spiro atoms. The maximum absolute atomic E-state index is 12.5. The van der Waals surface area contributed by atoms with E-state index in [2.05, 4.69) is 27.4 Å². The van der Waals surface area contributed by atoms with Gasteiger partial charge in [-0.1, -0.05) is 24.3 Å². The third-order valence-corrected chi connectivity index (χ3v) is 3.90. The fourth-order valence-electron chi connectivity index (χ4n) is 2.74. The Morgan fingerprint density at radius 2 is 2.00 bits per heavy atom. The SMILES string of the molecule is CC(C)Oc1nccnc1NCC(=O)N1CCc2ccccc2C1. The maximum Gasteiger partial charge on any atom is 0.257 e. The summed E-state index contributed by atoms with van der Waals surface area (Å²) in [6.45, 7) is 5.43. The molecule has 0 unspecified atom stereocenters. The molecular weight excluding hydrogens is 304 g/mol. The molecule has 1 aliphatic heterocycles. The summed E-state index contributed by atoms with van der Waals surface area (Å²) in [5, 5.41) is 3.05. The highest BCUT2D eigenvalue weighted by Gasteiger charge is 2.20. The molecule has 1 aliphatic rings.